The van der Waals surface area contributed by atoms with Gasteiger partial charge in [0, 0.05) is 11.8 Å². The molecule has 7 nitrogen and oxygen atoms in total. The van der Waals surface area contributed by atoms with Crippen LogP contribution in [0.3, 0.4) is 0 Å². The van der Waals surface area contributed by atoms with E-state index in [1.54, 1.807) is 31.2 Å². The molecule has 1 fully saturated rings. The van der Waals surface area contributed by atoms with Gasteiger partial charge in [-0.2, -0.15) is 0 Å². The number of hydrogen-bond donors (Lipinski definition) is 2. The van der Waals surface area contributed by atoms with E-state index in [2.05, 4.69) is 15.8 Å². The van der Waals surface area contributed by atoms with Gasteiger partial charge in [0.15, 0.2) is 5.82 Å². The summed E-state index contributed by atoms with van der Waals surface area (Å²) in [6.07, 6.45) is 2.55. The topological polar surface area (TPSA) is 87.5 Å². The van der Waals surface area contributed by atoms with E-state index in [-0.39, 0.29) is 18.4 Å². The second-order valence-electron chi connectivity index (χ2n) is 6.47. The van der Waals surface area contributed by atoms with Gasteiger partial charge in [-0.1, -0.05) is 34.8 Å². The van der Waals surface area contributed by atoms with Gasteiger partial charge in [0.2, 0.25) is 11.8 Å². The van der Waals surface area contributed by atoms with Crippen LogP contribution >= 0.6 is 23.2 Å². The highest BCUT2D eigenvalue weighted by Gasteiger charge is 2.30. The molecule has 1 aromatic carbocycles. The molecule has 0 radical (unpaired) electrons. The standard InChI is InChI=1S/C18H20Cl2N4O3/c1-11-8-16(23-27-11)22-17(25)10-24-7-3-2-4-15(24)18(26)21-12-5-6-13(19)14(20)9-12/h5-6,8-9,15H,2-4,7,10H2,1H3,(H,21,26)(H,22,23,25). The van der Waals surface area contributed by atoms with Gasteiger partial charge in [-0.05, 0) is 44.5 Å². The molecule has 0 spiro atoms. The Balaban J connectivity index is 1.62. The third-order valence-electron chi connectivity index (χ3n) is 4.35. The highest BCUT2D eigenvalue weighted by atomic mass is 35.5. The smallest absolute Gasteiger partial charge is 0.241 e. The van der Waals surface area contributed by atoms with Gasteiger partial charge in [0.25, 0.3) is 0 Å². The summed E-state index contributed by atoms with van der Waals surface area (Å²) in [6.45, 7) is 2.52. The molecule has 2 N–H and O–H groups in total. The first kappa shape index (κ1) is 19.7. The molecule has 1 unspecified atom stereocenters. The fourth-order valence-electron chi connectivity index (χ4n) is 3.07. The number of carbonyl (C=O) groups is 2. The number of halogens is 2. The lowest BCUT2D eigenvalue weighted by Crippen LogP contribution is -2.49. The number of amides is 2. The number of aryl methyl sites for hydroxylation is 1. The van der Waals surface area contributed by atoms with Crippen molar-refractivity contribution in [3.05, 3.63) is 40.1 Å². The first-order chi connectivity index (χ1) is 12.9. The minimum Gasteiger partial charge on any atom is -0.360 e. The number of piperidine rings is 1. The lowest BCUT2D eigenvalue weighted by molar-refractivity contribution is -0.124. The number of carbonyl (C=O) groups excluding carboxylic acids is 2. The molecule has 1 saturated heterocycles. The quantitative estimate of drug-likeness (QED) is 0.783. The summed E-state index contributed by atoms with van der Waals surface area (Å²) in [4.78, 5) is 26.9. The number of benzene rings is 1. The van der Waals surface area contributed by atoms with Crippen LogP contribution in [0.1, 0.15) is 25.0 Å². The van der Waals surface area contributed by atoms with Crippen molar-refractivity contribution in [2.24, 2.45) is 0 Å². The summed E-state index contributed by atoms with van der Waals surface area (Å²) < 4.78 is 4.94. The van der Waals surface area contributed by atoms with Crippen molar-refractivity contribution in [3.8, 4) is 0 Å². The number of anilines is 2. The molecule has 1 aromatic heterocycles. The molecule has 0 aliphatic carbocycles. The molecular formula is C18H20Cl2N4O3. The summed E-state index contributed by atoms with van der Waals surface area (Å²) in [5, 5.41) is 10.1. The molecule has 0 bridgehead atoms. The fraction of sp³-hybridized carbons (Fsp3) is 0.389. The van der Waals surface area contributed by atoms with Crippen LogP contribution in [-0.2, 0) is 9.59 Å². The highest BCUT2D eigenvalue weighted by Crippen LogP contribution is 2.26. The monoisotopic (exact) mass is 410 g/mol. The maximum Gasteiger partial charge on any atom is 0.241 e. The molecule has 2 aromatic rings. The molecule has 2 amide bonds. The van der Waals surface area contributed by atoms with E-state index in [4.69, 9.17) is 27.7 Å². The zero-order valence-corrected chi connectivity index (χ0v) is 16.3. The molecule has 1 atom stereocenters. The summed E-state index contributed by atoms with van der Waals surface area (Å²) in [7, 11) is 0. The summed E-state index contributed by atoms with van der Waals surface area (Å²) in [5.41, 5.74) is 0.572. The predicted molar refractivity (Wildman–Crippen MR) is 104 cm³/mol. The lowest BCUT2D eigenvalue weighted by atomic mass is 10.0. The molecular weight excluding hydrogens is 391 g/mol. The van der Waals surface area contributed by atoms with Gasteiger partial charge in [-0.25, -0.2) is 0 Å². The Labute approximate surface area is 167 Å². The second-order valence-corrected chi connectivity index (χ2v) is 7.29. The summed E-state index contributed by atoms with van der Waals surface area (Å²) in [6, 6.07) is 6.18. The van der Waals surface area contributed by atoms with E-state index in [1.165, 1.54) is 0 Å². The normalized spacial score (nSPS) is 17.5. The molecule has 3 rings (SSSR count). The molecule has 9 heteroatoms. The number of aromatic nitrogens is 1. The van der Waals surface area contributed by atoms with Gasteiger partial charge >= 0.3 is 0 Å². The van der Waals surface area contributed by atoms with Crippen LogP contribution < -0.4 is 10.6 Å². The average Bonchev–Trinajstić information content (AvgIpc) is 3.03. The first-order valence-corrected chi connectivity index (χ1v) is 9.41. The Bertz CT molecular complexity index is 840. The SMILES string of the molecule is Cc1cc(NC(=O)CN2CCCCC2C(=O)Nc2ccc(Cl)c(Cl)c2)no1. The number of likely N-dealkylation sites (tertiary alicyclic amines) is 1. The van der Waals surface area contributed by atoms with Crippen LogP contribution in [0.25, 0.3) is 0 Å². The Morgan fingerprint density at radius 3 is 2.74 bits per heavy atom. The zero-order valence-electron chi connectivity index (χ0n) is 14.8. The molecule has 27 heavy (non-hydrogen) atoms. The highest BCUT2D eigenvalue weighted by molar-refractivity contribution is 6.42. The fourth-order valence-corrected chi connectivity index (χ4v) is 3.37. The maximum absolute atomic E-state index is 12.7. The minimum absolute atomic E-state index is 0.103. The van der Waals surface area contributed by atoms with E-state index in [1.807, 2.05) is 4.90 Å². The van der Waals surface area contributed by atoms with Gasteiger partial charge in [0.05, 0.1) is 22.6 Å². The third kappa shape index (κ3) is 5.22. The van der Waals surface area contributed by atoms with E-state index >= 15 is 0 Å². The van der Waals surface area contributed by atoms with Gasteiger partial charge in [0.1, 0.15) is 5.76 Å². The third-order valence-corrected chi connectivity index (χ3v) is 5.08. The second kappa shape index (κ2) is 8.73. The van der Waals surface area contributed by atoms with Gasteiger partial charge in [-0.3, -0.25) is 14.5 Å². The van der Waals surface area contributed by atoms with Crippen LogP contribution in [0.15, 0.2) is 28.8 Å². The molecule has 1 aliphatic rings. The number of nitrogens with zero attached hydrogens (tertiary/aromatic N) is 2. The van der Waals surface area contributed by atoms with Crippen molar-refractivity contribution in [1.29, 1.82) is 0 Å². The van der Waals surface area contributed by atoms with E-state index in [0.29, 0.717) is 40.3 Å². The number of nitrogens with one attached hydrogen (secondary N) is 2. The van der Waals surface area contributed by atoms with Crippen molar-refractivity contribution in [1.82, 2.24) is 10.1 Å². The van der Waals surface area contributed by atoms with Crippen LogP contribution in [0.5, 0.6) is 0 Å². The maximum atomic E-state index is 12.7. The molecule has 2 heterocycles. The first-order valence-electron chi connectivity index (χ1n) is 8.65. The Morgan fingerprint density at radius 2 is 2.04 bits per heavy atom. The molecule has 1 aliphatic heterocycles. The van der Waals surface area contributed by atoms with Crippen molar-refractivity contribution in [2.75, 3.05) is 23.7 Å². The predicted octanol–water partition coefficient (Wildman–Crippen LogP) is 3.72. The van der Waals surface area contributed by atoms with Crippen molar-refractivity contribution >= 4 is 46.5 Å². The lowest BCUT2D eigenvalue weighted by Gasteiger charge is -2.34. The van der Waals surface area contributed by atoms with E-state index < -0.39 is 6.04 Å². The largest absolute Gasteiger partial charge is 0.360 e. The van der Waals surface area contributed by atoms with E-state index in [9.17, 15) is 9.59 Å². The Hall–Kier alpha value is -2.09. The summed E-state index contributed by atoms with van der Waals surface area (Å²) >= 11 is 11.9. The molecule has 144 valence electrons. The van der Waals surface area contributed by atoms with Crippen LogP contribution in [0.2, 0.25) is 10.0 Å². The van der Waals surface area contributed by atoms with Crippen LogP contribution in [-0.4, -0.2) is 41.0 Å². The minimum atomic E-state index is -0.391. The Kier molecular flexibility index (Phi) is 6.36. The number of hydrogen-bond acceptors (Lipinski definition) is 5. The Morgan fingerprint density at radius 1 is 1.22 bits per heavy atom. The summed E-state index contributed by atoms with van der Waals surface area (Å²) in [5.74, 6) is 0.573. The van der Waals surface area contributed by atoms with Crippen molar-refractivity contribution in [3.63, 3.8) is 0 Å². The van der Waals surface area contributed by atoms with Gasteiger partial charge in [-0.15, -0.1) is 0 Å². The average molecular weight is 411 g/mol. The zero-order chi connectivity index (χ0) is 19.4. The molecule has 0 saturated carbocycles. The van der Waals surface area contributed by atoms with Crippen LogP contribution in [0.4, 0.5) is 11.5 Å². The van der Waals surface area contributed by atoms with E-state index in [0.717, 1.165) is 12.8 Å². The van der Waals surface area contributed by atoms with Gasteiger partial charge < -0.3 is 15.2 Å². The van der Waals surface area contributed by atoms with Crippen LogP contribution in [0, 0.1) is 6.92 Å². The number of rotatable bonds is 5. The van der Waals surface area contributed by atoms with Crippen molar-refractivity contribution < 1.29 is 14.1 Å². The van der Waals surface area contributed by atoms with Crippen molar-refractivity contribution in [2.45, 2.75) is 32.2 Å².